The summed E-state index contributed by atoms with van der Waals surface area (Å²) in [4.78, 5) is 10.1. The molecule has 3 heteroatoms. The second-order valence-corrected chi connectivity index (χ2v) is 4.66. The molecule has 0 aromatic carbocycles. The number of carboxylic acids is 1. The maximum absolute atomic E-state index is 10.1. The molecule has 0 aromatic rings. The van der Waals surface area contributed by atoms with Gasteiger partial charge in [-0.05, 0) is 12.8 Å². The van der Waals surface area contributed by atoms with Crippen molar-refractivity contribution in [3.63, 3.8) is 0 Å². The number of hydrogen-bond acceptors (Lipinski definition) is 2. The molecular weight excluding hydrogens is 227 g/mol. The molecule has 98 valence electrons. The van der Waals surface area contributed by atoms with Crippen LogP contribution in [0.2, 0.25) is 0 Å². The molecule has 0 bridgehead atoms. The van der Waals surface area contributed by atoms with Crippen LogP contribution in [0.4, 0.5) is 0 Å². The molecule has 0 atom stereocenters. The Hall–Kier alpha value is 0.00247. The first-order valence-corrected chi connectivity index (χ1v) is 6.97. The number of unbranched alkanes of at least 4 members (excludes halogenated alkanes) is 10. The molecule has 0 aliphatic rings. The van der Waals surface area contributed by atoms with Crippen molar-refractivity contribution in [3.8, 4) is 0 Å². The molecule has 2 nitrogen and oxygen atoms in total. The average molecular weight is 254 g/mol. The Morgan fingerprint density at radius 1 is 0.765 bits per heavy atom. The van der Waals surface area contributed by atoms with Gasteiger partial charge in [-0.3, -0.25) is 0 Å². The Labute approximate surface area is 117 Å². The van der Waals surface area contributed by atoms with E-state index in [1.165, 1.54) is 57.8 Å². The van der Waals surface area contributed by atoms with Crippen molar-refractivity contribution in [1.82, 2.24) is 0 Å². The van der Waals surface area contributed by atoms with Gasteiger partial charge in [-0.2, -0.15) is 0 Å². The van der Waals surface area contributed by atoms with Crippen molar-refractivity contribution in [2.75, 3.05) is 0 Å². The van der Waals surface area contributed by atoms with Gasteiger partial charge in [0, 0.05) is 5.97 Å². The summed E-state index contributed by atoms with van der Waals surface area (Å²) < 4.78 is 0. The number of aliphatic carboxylic acids is 1. The topological polar surface area (TPSA) is 40.1 Å². The van der Waals surface area contributed by atoms with Crippen molar-refractivity contribution in [1.29, 1.82) is 0 Å². The molecule has 0 N–H and O–H groups in total. The van der Waals surface area contributed by atoms with E-state index in [-0.39, 0.29) is 23.8 Å². The summed E-state index contributed by atoms with van der Waals surface area (Å²) >= 11 is 0. The van der Waals surface area contributed by atoms with E-state index in [0.717, 1.165) is 12.8 Å². The van der Waals surface area contributed by atoms with E-state index in [0.29, 0.717) is 0 Å². The Balaban J connectivity index is 0. The molecule has 0 rings (SSSR count). The van der Waals surface area contributed by atoms with Gasteiger partial charge in [-0.15, -0.1) is 0 Å². The summed E-state index contributed by atoms with van der Waals surface area (Å²) in [7, 11) is 0. The monoisotopic (exact) mass is 254 g/mol. The average Bonchev–Trinajstić information content (AvgIpc) is 2.25. The smallest absolute Gasteiger partial charge is 0.550 e. The van der Waals surface area contributed by atoms with Gasteiger partial charge in [0.05, 0.1) is 0 Å². The van der Waals surface area contributed by atoms with E-state index in [9.17, 15) is 9.90 Å². The standard InChI is InChI=1S/C14H28O2.Al/c1-2-3-4-5-6-7-8-9-10-11-12-13-14(15)16;/h2-13H2,1H3,(H,15,16);/q;+1/p-1. The molecule has 0 heterocycles. The summed E-state index contributed by atoms with van der Waals surface area (Å²) in [5, 5.41) is 10.1. The molecule has 0 amide bonds. The first-order valence-electron chi connectivity index (χ1n) is 6.97. The van der Waals surface area contributed by atoms with Gasteiger partial charge in [0.15, 0.2) is 0 Å². The maximum Gasteiger partial charge on any atom is 1.00 e. The quantitative estimate of drug-likeness (QED) is 0.396. The number of carbonyl (C=O) groups excluding carboxylic acids is 1. The zero-order valence-corrected chi connectivity index (χ0v) is 12.5. The SMILES string of the molecule is CCCCCCCCCCCCCC(=O)[O-].[Al+]. The van der Waals surface area contributed by atoms with Crippen LogP contribution in [0.25, 0.3) is 0 Å². The minimum atomic E-state index is -0.907. The van der Waals surface area contributed by atoms with Gasteiger partial charge in [-0.1, -0.05) is 71.1 Å². The van der Waals surface area contributed by atoms with E-state index in [1.54, 1.807) is 0 Å². The van der Waals surface area contributed by atoms with Crippen molar-refractivity contribution in [2.45, 2.75) is 84.0 Å². The van der Waals surface area contributed by atoms with Crippen LogP contribution in [-0.4, -0.2) is 23.3 Å². The van der Waals surface area contributed by atoms with Gasteiger partial charge in [0.2, 0.25) is 0 Å². The minimum Gasteiger partial charge on any atom is -0.550 e. The molecule has 0 saturated heterocycles. The summed E-state index contributed by atoms with van der Waals surface area (Å²) in [5.74, 6) is -0.907. The van der Waals surface area contributed by atoms with Crippen LogP contribution in [0.3, 0.4) is 0 Å². The zero-order valence-electron chi connectivity index (χ0n) is 11.4. The van der Waals surface area contributed by atoms with Crippen LogP contribution < -0.4 is 5.11 Å². The summed E-state index contributed by atoms with van der Waals surface area (Å²) in [6, 6.07) is 0. The van der Waals surface area contributed by atoms with E-state index in [2.05, 4.69) is 6.92 Å². The molecule has 0 aliphatic heterocycles. The van der Waals surface area contributed by atoms with Crippen LogP contribution in [0, 0.1) is 0 Å². The molecule has 0 spiro atoms. The molecule has 0 unspecified atom stereocenters. The number of carbonyl (C=O) groups is 1. The van der Waals surface area contributed by atoms with E-state index < -0.39 is 5.97 Å². The molecular formula is C14H27AlO2. The van der Waals surface area contributed by atoms with Crippen LogP contribution in [0.15, 0.2) is 0 Å². The molecule has 17 heavy (non-hydrogen) atoms. The third-order valence-electron chi connectivity index (χ3n) is 2.98. The summed E-state index contributed by atoms with van der Waals surface area (Å²) in [5.41, 5.74) is 0. The van der Waals surface area contributed by atoms with Gasteiger partial charge in [-0.25, -0.2) is 0 Å². The van der Waals surface area contributed by atoms with Gasteiger partial charge < -0.3 is 9.90 Å². The fourth-order valence-electron chi connectivity index (χ4n) is 1.93. The molecule has 0 aliphatic carbocycles. The fourth-order valence-corrected chi connectivity index (χ4v) is 1.93. The van der Waals surface area contributed by atoms with Gasteiger partial charge in [0.25, 0.3) is 0 Å². The molecule has 0 fully saturated rings. The predicted octanol–water partition coefficient (Wildman–Crippen LogP) is 3.06. The zero-order chi connectivity index (χ0) is 12.1. The van der Waals surface area contributed by atoms with Crippen LogP contribution in [-0.2, 0) is 4.79 Å². The van der Waals surface area contributed by atoms with E-state index in [1.807, 2.05) is 0 Å². The largest absolute Gasteiger partial charge is 1.00 e. The third-order valence-corrected chi connectivity index (χ3v) is 2.98. The van der Waals surface area contributed by atoms with Crippen molar-refractivity contribution >= 4 is 23.3 Å². The minimum absolute atomic E-state index is 0. The number of rotatable bonds is 12. The van der Waals surface area contributed by atoms with E-state index in [4.69, 9.17) is 0 Å². The Morgan fingerprint density at radius 3 is 1.47 bits per heavy atom. The Morgan fingerprint density at radius 2 is 1.12 bits per heavy atom. The predicted molar refractivity (Wildman–Crippen MR) is 71.8 cm³/mol. The van der Waals surface area contributed by atoms with Crippen molar-refractivity contribution in [2.24, 2.45) is 0 Å². The second-order valence-electron chi connectivity index (χ2n) is 4.66. The maximum atomic E-state index is 10.1. The van der Waals surface area contributed by atoms with Crippen molar-refractivity contribution in [3.05, 3.63) is 0 Å². The van der Waals surface area contributed by atoms with Crippen LogP contribution >= 0.6 is 0 Å². The summed E-state index contributed by atoms with van der Waals surface area (Å²) in [6.07, 6.45) is 14.0. The normalized spacial score (nSPS) is 9.94. The first kappa shape index (κ1) is 19.3. The molecule has 0 aromatic heterocycles. The van der Waals surface area contributed by atoms with E-state index >= 15 is 0 Å². The van der Waals surface area contributed by atoms with Gasteiger partial charge in [0.1, 0.15) is 0 Å². The second kappa shape index (κ2) is 16.0. The van der Waals surface area contributed by atoms with Gasteiger partial charge >= 0.3 is 17.4 Å². The fraction of sp³-hybridized carbons (Fsp3) is 0.929. The summed E-state index contributed by atoms with van der Waals surface area (Å²) in [6.45, 7) is 2.24. The Kier molecular flexibility index (Phi) is 18.2. The first-order chi connectivity index (χ1) is 7.77. The molecule has 2 radical (unpaired) electrons. The van der Waals surface area contributed by atoms with Crippen LogP contribution in [0.1, 0.15) is 84.0 Å². The Bertz CT molecular complexity index is 160. The number of carboxylic acid groups (broad SMARTS) is 1. The number of hydrogen-bond donors (Lipinski definition) is 0. The van der Waals surface area contributed by atoms with Crippen LogP contribution in [0.5, 0.6) is 0 Å². The molecule has 0 saturated carbocycles. The third kappa shape index (κ3) is 18.6. The van der Waals surface area contributed by atoms with Crippen molar-refractivity contribution < 1.29 is 9.90 Å².